The average molecular weight is 475 g/mol. The van der Waals surface area contributed by atoms with Gasteiger partial charge >= 0.3 is 0 Å². The molecule has 0 aliphatic carbocycles. The van der Waals surface area contributed by atoms with Crippen LogP contribution in [0, 0.1) is 11.3 Å². The van der Waals surface area contributed by atoms with Crippen molar-refractivity contribution in [2.75, 3.05) is 6.54 Å². The van der Waals surface area contributed by atoms with Gasteiger partial charge in [0.05, 0.1) is 41.1 Å². The molecule has 0 spiro atoms. The molecule has 1 N–H and O–H groups in total. The maximum atomic E-state index is 13.8. The minimum absolute atomic E-state index is 0.0302. The number of nitriles is 1. The number of aromatic nitrogens is 4. The number of hydrogen-bond acceptors (Lipinski definition) is 5. The predicted molar refractivity (Wildman–Crippen MR) is 138 cm³/mol. The Labute approximate surface area is 209 Å². The molecule has 0 unspecified atom stereocenters. The van der Waals surface area contributed by atoms with Crippen LogP contribution in [0.2, 0.25) is 0 Å². The van der Waals surface area contributed by atoms with Crippen LogP contribution >= 0.6 is 0 Å². The van der Waals surface area contributed by atoms with Crippen LogP contribution in [0.1, 0.15) is 45.9 Å². The minimum atomic E-state index is -0.516. The van der Waals surface area contributed by atoms with Crippen molar-refractivity contribution < 1.29 is 4.79 Å². The molecule has 0 radical (unpaired) electrons. The average Bonchev–Trinajstić information content (AvgIpc) is 3.55. The smallest absolute Gasteiger partial charge is 0.188 e. The number of nitrogens with zero attached hydrogens (tertiary/aromatic N) is 5. The van der Waals surface area contributed by atoms with E-state index in [0.717, 1.165) is 27.8 Å². The highest BCUT2D eigenvalue weighted by molar-refractivity contribution is 6.06. The third-order valence-corrected chi connectivity index (χ3v) is 6.45. The second kappa shape index (κ2) is 9.98. The molecule has 0 saturated heterocycles. The maximum Gasteiger partial charge on any atom is 0.188 e. The first-order valence-corrected chi connectivity index (χ1v) is 11.8. The molecule has 0 aliphatic rings. The van der Waals surface area contributed by atoms with Gasteiger partial charge in [0.15, 0.2) is 5.78 Å². The lowest BCUT2D eigenvalue weighted by molar-refractivity contribution is 0.0944. The summed E-state index contributed by atoms with van der Waals surface area (Å²) in [5.74, 6) is 0.125. The Morgan fingerprint density at radius 1 is 0.944 bits per heavy atom. The molecule has 0 bridgehead atoms. The van der Waals surface area contributed by atoms with E-state index in [9.17, 15) is 4.79 Å². The molecule has 0 fully saturated rings. The normalized spacial score (nSPS) is 12.8. The van der Waals surface area contributed by atoms with Crippen molar-refractivity contribution >= 4 is 11.3 Å². The number of benzene rings is 2. The second-order valence-corrected chi connectivity index (χ2v) is 8.96. The largest absolute Gasteiger partial charge is 0.303 e. The lowest BCUT2D eigenvalue weighted by atomic mass is 9.95. The number of ketones is 1. The van der Waals surface area contributed by atoms with Crippen molar-refractivity contribution in [2.24, 2.45) is 7.05 Å². The van der Waals surface area contributed by atoms with Gasteiger partial charge in [-0.3, -0.25) is 9.48 Å². The molecule has 0 aliphatic heterocycles. The zero-order valence-corrected chi connectivity index (χ0v) is 20.2. The Kier molecular flexibility index (Phi) is 6.44. The standard InChI is InChI=1S/C29H26N6O/c1-20(22-10-8-21(14-30)9-11-22)15-31-28(23-6-4-3-5-7-23)29(36)26-17-33-35-19-24(12-13-27(26)35)25-16-32-34(2)18-25/h3-13,16-20,28,31H,15H2,1-2H3/t20-,28-/m1/s1. The lowest BCUT2D eigenvalue weighted by Crippen LogP contribution is -2.31. The van der Waals surface area contributed by atoms with E-state index in [1.807, 2.05) is 86.2 Å². The molecule has 3 aromatic heterocycles. The van der Waals surface area contributed by atoms with Gasteiger partial charge in [-0.2, -0.15) is 15.5 Å². The van der Waals surface area contributed by atoms with Gasteiger partial charge in [0, 0.05) is 37.1 Å². The number of aryl methyl sites for hydroxylation is 1. The molecule has 0 saturated carbocycles. The zero-order chi connectivity index (χ0) is 25.1. The monoisotopic (exact) mass is 474 g/mol. The highest BCUT2D eigenvalue weighted by atomic mass is 16.1. The Morgan fingerprint density at radius 3 is 2.42 bits per heavy atom. The van der Waals surface area contributed by atoms with Gasteiger partial charge in [-0.1, -0.05) is 55.5 Å². The first-order chi connectivity index (χ1) is 17.5. The highest BCUT2D eigenvalue weighted by Gasteiger charge is 2.25. The van der Waals surface area contributed by atoms with Crippen LogP contribution in [0.3, 0.4) is 0 Å². The molecule has 7 heteroatoms. The summed E-state index contributed by atoms with van der Waals surface area (Å²) < 4.78 is 3.50. The van der Waals surface area contributed by atoms with Crippen LogP contribution in [0.15, 0.2) is 91.5 Å². The number of rotatable bonds is 8. The molecule has 178 valence electrons. The summed E-state index contributed by atoms with van der Waals surface area (Å²) in [6.07, 6.45) is 7.32. The Hall–Kier alpha value is -4.54. The van der Waals surface area contributed by atoms with Crippen molar-refractivity contribution in [3.05, 3.63) is 114 Å². The van der Waals surface area contributed by atoms with Gasteiger partial charge in [0.25, 0.3) is 0 Å². The van der Waals surface area contributed by atoms with Crippen LogP contribution in [-0.4, -0.2) is 31.7 Å². The summed E-state index contributed by atoms with van der Waals surface area (Å²) in [4.78, 5) is 13.8. The number of hydrogen-bond donors (Lipinski definition) is 1. The molecule has 0 amide bonds. The van der Waals surface area contributed by atoms with E-state index in [2.05, 4.69) is 28.5 Å². The van der Waals surface area contributed by atoms with E-state index < -0.39 is 6.04 Å². The van der Waals surface area contributed by atoms with E-state index in [1.165, 1.54) is 0 Å². The topological polar surface area (TPSA) is 88.0 Å². The third-order valence-electron chi connectivity index (χ3n) is 6.45. The van der Waals surface area contributed by atoms with Crippen LogP contribution in [0.5, 0.6) is 0 Å². The summed E-state index contributed by atoms with van der Waals surface area (Å²) >= 11 is 0. The van der Waals surface area contributed by atoms with Gasteiger partial charge in [0.1, 0.15) is 0 Å². The summed E-state index contributed by atoms with van der Waals surface area (Å²) in [7, 11) is 1.88. The van der Waals surface area contributed by atoms with Crippen molar-refractivity contribution in [2.45, 2.75) is 18.9 Å². The number of carbonyl (C=O) groups is 1. The first-order valence-electron chi connectivity index (χ1n) is 11.8. The van der Waals surface area contributed by atoms with Crippen LogP contribution in [-0.2, 0) is 7.05 Å². The number of fused-ring (bicyclic) bond motifs is 1. The van der Waals surface area contributed by atoms with Crippen LogP contribution in [0.4, 0.5) is 0 Å². The van der Waals surface area contributed by atoms with Gasteiger partial charge < -0.3 is 5.32 Å². The predicted octanol–water partition coefficient (Wildman–Crippen LogP) is 4.92. The maximum absolute atomic E-state index is 13.8. The van der Waals surface area contributed by atoms with E-state index in [1.54, 1.807) is 21.6 Å². The zero-order valence-electron chi connectivity index (χ0n) is 20.2. The quantitative estimate of drug-likeness (QED) is 0.322. The molecule has 7 nitrogen and oxygen atoms in total. The summed E-state index contributed by atoms with van der Waals surface area (Å²) in [5.41, 5.74) is 5.95. The van der Waals surface area contributed by atoms with E-state index in [4.69, 9.17) is 5.26 Å². The fraction of sp³-hybridized carbons (Fsp3) is 0.172. The second-order valence-electron chi connectivity index (χ2n) is 8.96. The Balaban J connectivity index is 1.41. The number of carbonyl (C=O) groups excluding carboxylic acids is 1. The Bertz CT molecular complexity index is 1540. The van der Waals surface area contributed by atoms with E-state index >= 15 is 0 Å². The molecular weight excluding hydrogens is 448 g/mol. The van der Waals surface area contributed by atoms with Crippen molar-refractivity contribution in [1.29, 1.82) is 5.26 Å². The first kappa shape index (κ1) is 23.2. The van der Waals surface area contributed by atoms with Crippen molar-refractivity contribution in [3.63, 3.8) is 0 Å². The molecule has 2 atom stereocenters. The molecule has 36 heavy (non-hydrogen) atoms. The third kappa shape index (κ3) is 4.67. The molecular formula is C29H26N6O. The fourth-order valence-corrected chi connectivity index (χ4v) is 4.38. The lowest BCUT2D eigenvalue weighted by Gasteiger charge is -2.21. The van der Waals surface area contributed by atoms with Gasteiger partial charge in [-0.25, -0.2) is 4.52 Å². The van der Waals surface area contributed by atoms with Crippen molar-refractivity contribution in [3.8, 4) is 17.2 Å². The van der Waals surface area contributed by atoms with E-state index in [-0.39, 0.29) is 11.7 Å². The minimum Gasteiger partial charge on any atom is -0.303 e. The Morgan fingerprint density at radius 2 is 1.72 bits per heavy atom. The summed E-state index contributed by atoms with van der Waals surface area (Å²) in [5, 5.41) is 21.3. The van der Waals surface area contributed by atoms with Crippen LogP contribution < -0.4 is 5.32 Å². The molecule has 5 aromatic rings. The SMILES string of the molecule is C[C@H](CN[C@@H](C(=O)c1cnn2cc(-c3cnn(C)c3)ccc12)c1ccccc1)c1ccc(C#N)cc1. The van der Waals surface area contributed by atoms with Crippen molar-refractivity contribution in [1.82, 2.24) is 24.7 Å². The number of nitrogens with one attached hydrogen (secondary N) is 1. The summed E-state index contributed by atoms with van der Waals surface area (Å²) in [6, 6.07) is 22.9. The van der Waals surface area contributed by atoms with E-state index in [0.29, 0.717) is 17.7 Å². The van der Waals surface area contributed by atoms with Gasteiger partial charge in [-0.05, 0) is 35.2 Å². The van der Waals surface area contributed by atoms with Gasteiger partial charge in [0.2, 0.25) is 0 Å². The molecule has 3 heterocycles. The number of Topliss-reactive ketones (excluding diaryl/α,β-unsaturated/α-hetero) is 1. The summed E-state index contributed by atoms with van der Waals surface area (Å²) in [6.45, 7) is 2.71. The van der Waals surface area contributed by atoms with Gasteiger partial charge in [-0.15, -0.1) is 0 Å². The molecule has 5 rings (SSSR count). The molecule has 2 aromatic carbocycles. The fourth-order valence-electron chi connectivity index (χ4n) is 4.38. The van der Waals surface area contributed by atoms with Crippen LogP contribution in [0.25, 0.3) is 16.6 Å². The highest BCUT2D eigenvalue weighted by Crippen LogP contribution is 2.25. The number of pyridine rings is 1.